The number of hydrogen-bond donors (Lipinski definition) is 1. The van der Waals surface area contributed by atoms with Crippen molar-refractivity contribution in [3.05, 3.63) is 44.8 Å². The molecule has 2 aromatic rings. The summed E-state index contributed by atoms with van der Waals surface area (Å²) in [6.45, 7) is 3.60. The third kappa shape index (κ3) is 5.31. The topological polar surface area (TPSA) is 21.3 Å². The molecule has 0 unspecified atom stereocenters. The van der Waals surface area contributed by atoms with Gasteiger partial charge in [0, 0.05) is 29.3 Å². The van der Waals surface area contributed by atoms with E-state index in [4.69, 9.17) is 4.74 Å². The van der Waals surface area contributed by atoms with Gasteiger partial charge in [-0.15, -0.1) is 22.7 Å². The van der Waals surface area contributed by atoms with Crippen LogP contribution in [0.15, 0.2) is 35.0 Å². The molecule has 0 bridgehead atoms. The van der Waals surface area contributed by atoms with E-state index in [-0.39, 0.29) is 0 Å². The van der Waals surface area contributed by atoms with Crippen LogP contribution in [0, 0.1) is 0 Å². The number of rotatable bonds is 9. The van der Waals surface area contributed by atoms with Crippen LogP contribution in [-0.4, -0.2) is 26.3 Å². The van der Waals surface area contributed by atoms with Crippen LogP contribution in [0.1, 0.15) is 9.75 Å². The predicted octanol–water partition coefficient (Wildman–Crippen LogP) is 3.20. The largest absolute Gasteiger partial charge is 0.380 e. The third-order valence-corrected chi connectivity index (χ3v) is 4.50. The lowest BCUT2D eigenvalue weighted by Crippen LogP contribution is -2.22. The summed E-state index contributed by atoms with van der Waals surface area (Å²) < 4.78 is 5.59. The summed E-state index contributed by atoms with van der Waals surface area (Å²) in [6, 6.07) is 8.54. The second kappa shape index (κ2) is 8.43. The molecule has 0 radical (unpaired) electrons. The maximum absolute atomic E-state index is 5.59. The van der Waals surface area contributed by atoms with E-state index in [0.29, 0.717) is 0 Å². The van der Waals surface area contributed by atoms with E-state index in [1.54, 1.807) is 11.3 Å². The monoisotopic (exact) mass is 281 g/mol. The molecule has 0 aliphatic rings. The van der Waals surface area contributed by atoms with Gasteiger partial charge in [-0.05, 0) is 29.3 Å². The second-order valence-corrected chi connectivity index (χ2v) is 6.09. The third-order valence-electron chi connectivity index (χ3n) is 2.62. The summed E-state index contributed by atoms with van der Waals surface area (Å²) in [5.41, 5.74) is 0. The van der Waals surface area contributed by atoms with Crippen LogP contribution in [-0.2, 0) is 17.6 Å². The first kappa shape index (κ1) is 13.7. The highest BCUT2D eigenvalue weighted by Gasteiger charge is 1.95. The first-order chi connectivity index (χ1) is 8.95. The van der Waals surface area contributed by atoms with Gasteiger partial charge in [0.25, 0.3) is 0 Å². The Morgan fingerprint density at radius 2 is 1.61 bits per heavy atom. The van der Waals surface area contributed by atoms with E-state index in [1.165, 1.54) is 9.75 Å². The molecule has 0 spiro atoms. The van der Waals surface area contributed by atoms with Gasteiger partial charge >= 0.3 is 0 Å². The quantitative estimate of drug-likeness (QED) is 0.713. The zero-order chi connectivity index (χ0) is 12.5. The Hall–Kier alpha value is -0.680. The first-order valence-corrected chi connectivity index (χ1v) is 8.04. The van der Waals surface area contributed by atoms with Gasteiger partial charge < -0.3 is 10.1 Å². The standard InChI is InChI=1S/C14H19NOS2/c1-3-13(17-11-1)5-7-15-8-10-16-9-6-14-4-2-12-18-14/h1-4,11-12,15H,5-10H2. The summed E-state index contributed by atoms with van der Waals surface area (Å²) in [4.78, 5) is 2.85. The molecular weight excluding hydrogens is 262 g/mol. The number of nitrogens with one attached hydrogen (secondary N) is 1. The van der Waals surface area contributed by atoms with E-state index in [2.05, 4.69) is 40.3 Å². The normalized spacial score (nSPS) is 10.9. The van der Waals surface area contributed by atoms with Crippen molar-refractivity contribution in [1.29, 1.82) is 0 Å². The van der Waals surface area contributed by atoms with E-state index in [0.717, 1.165) is 39.1 Å². The zero-order valence-electron chi connectivity index (χ0n) is 10.4. The highest BCUT2D eigenvalue weighted by Crippen LogP contribution is 2.09. The molecule has 0 amide bonds. The van der Waals surface area contributed by atoms with Crippen molar-refractivity contribution in [2.24, 2.45) is 0 Å². The molecule has 0 aromatic carbocycles. The number of hydrogen-bond acceptors (Lipinski definition) is 4. The minimum Gasteiger partial charge on any atom is -0.380 e. The van der Waals surface area contributed by atoms with Gasteiger partial charge in [0.15, 0.2) is 0 Å². The molecule has 0 fully saturated rings. The van der Waals surface area contributed by atoms with E-state index in [9.17, 15) is 0 Å². The fourth-order valence-corrected chi connectivity index (χ4v) is 3.06. The van der Waals surface area contributed by atoms with Gasteiger partial charge in [-0.1, -0.05) is 12.1 Å². The van der Waals surface area contributed by atoms with Crippen LogP contribution in [0.5, 0.6) is 0 Å². The van der Waals surface area contributed by atoms with Crippen molar-refractivity contribution in [2.45, 2.75) is 12.8 Å². The maximum Gasteiger partial charge on any atom is 0.0591 e. The summed E-state index contributed by atoms with van der Waals surface area (Å²) >= 11 is 3.62. The fraction of sp³-hybridized carbons (Fsp3) is 0.429. The highest BCUT2D eigenvalue weighted by molar-refractivity contribution is 7.10. The van der Waals surface area contributed by atoms with Crippen LogP contribution in [0.3, 0.4) is 0 Å². The molecule has 2 nitrogen and oxygen atoms in total. The SMILES string of the molecule is c1csc(CCNCCOCCc2cccs2)c1. The molecular formula is C14H19NOS2. The molecule has 0 atom stereocenters. The van der Waals surface area contributed by atoms with Gasteiger partial charge in [0.05, 0.1) is 13.2 Å². The predicted molar refractivity (Wildman–Crippen MR) is 79.7 cm³/mol. The molecule has 2 rings (SSSR count). The van der Waals surface area contributed by atoms with Crippen molar-refractivity contribution in [3.8, 4) is 0 Å². The minimum atomic E-state index is 0.801. The Kier molecular flexibility index (Phi) is 6.43. The summed E-state index contributed by atoms with van der Waals surface area (Å²) in [7, 11) is 0. The van der Waals surface area contributed by atoms with Crippen molar-refractivity contribution < 1.29 is 4.74 Å². The smallest absolute Gasteiger partial charge is 0.0591 e. The van der Waals surface area contributed by atoms with Crippen LogP contribution in [0.25, 0.3) is 0 Å². The number of thiophene rings is 2. The van der Waals surface area contributed by atoms with Gasteiger partial charge in [-0.3, -0.25) is 0 Å². The molecule has 4 heteroatoms. The average molecular weight is 281 g/mol. The molecule has 0 aliphatic carbocycles. The molecule has 18 heavy (non-hydrogen) atoms. The molecule has 2 heterocycles. The molecule has 0 saturated carbocycles. The molecule has 0 saturated heterocycles. The lowest BCUT2D eigenvalue weighted by molar-refractivity contribution is 0.139. The maximum atomic E-state index is 5.59. The lowest BCUT2D eigenvalue weighted by Gasteiger charge is -2.05. The fourth-order valence-electron chi connectivity index (χ4n) is 1.67. The molecule has 1 N–H and O–H groups in total. The van der Waals surface area contributed by atoms with Crippen molar-refractivity contribution >= 4 is 22.7 Å². The van der Waals surface area contributed by atoms with Crippen LogP contribution < -0.4 is 5.32 Å². The Labute approximate surface area is 117 Å². The summed E-state index contributed by atoms with van der Waals surface area (Å²) in [6.07, 6.45) is 2.15. The lowest BCUT2D eigenvalue weighted by atomic mass is 10.3. The molecule has 98 valence electrons. The average Bonchev–Trinajstić information content (AvgIpc) is 3.05. The Bertz CT molecular complexity index is 357. The highest BCUT2D eigenvalue weighted by atomic mass is 32.1. The minimum absolute atomic E-state index is 0.801. The van der Waals surface area contributed by atoms with E-state index < -0.39 is 0 Å². The summed E-state index contributed by atoms with van der Waals surface area (Å²) in [5, 5.41) is 7.64. The zero-order valence-corrected chi connectivity index (χ0v) is 12.1. The van der Waals surface area contributed by atoms with Crippen molar-refractivity contribution in [1.82, 2.24) is 5.32 Å². The van der Waals surface area contributed by atoms with Crippen molar-refractivity contribution in [3.63, 3.8) is 0 Å². The Balaban J connectivity index is 1.40. The van der Waals surface area contributed by atoms with Gasteiger partial charge in [-0.25, -0.2) is 0 Å². The Morgan fingerprint density at radius 1 is 0.889 bits per heavy atom. The second-order valence-electron chi connectivity index (χ2n) is 4.02. The molecule has 2 aromatic heterocycles. The van der Waals surface area contributed by atoms with E-state index >= 15 is 0 Å². The Morgan fingerprint density at radius 3 is 2.28 bits per heavy atom. The summed E-state index contributed by atoms with van der Waals surface area (Å²) in [5.74, 6) is 0. The first-order valence-electron chi connectivity index (χ1n) is 6.28. The van der Waals surface area contributed by atoms with Crippen LogP contribution >= 0.6 is 22.7 Å². The van der Waals surface area contributed by atoms with E-state index in [1.807, 2.05) is 11.3 Å². The van der Waals surface area contributed by atoms with Gasteiger partial charge in [-0.2, -0.15) is 0 Å². The van der Waals surface area contributed by atoms with Gasteiger partial charge in [0.2, 0.25) is 0 Å². The van der Waals surface area contributed by atoms with Crippen LogP contribution in [0.2, 0.25) is 0 Å². The molecule has 0 aliphatic heterocycles. The van der Waals surface area contributed by atoms with Crippen LogP contribution in [0.4, 0.5) is 0 Å². The number of ether oxygens (including phenoxy) is 1. The van der Waals surface area contributed by atoms with Gasteiger partial charge in [0.1, 0.15) is 0 Å². The van der Waals surface area contributed by atoms with Crippen molar-refractivity contribution in [2.75, 3.05) is 26.3 Å².